The lowest BCUT2D eigenvalue weighted by atomic mass is 9.82. The molecule has 0 bridgehead atoms. The Morgan fingerprint density at radius 2 is 2.12 bits per heavy atom. The van der Waals surface area contributed by atoms with Gasteiger partial charge in [0.25, 0.3) is 5.56 Å². The zero-order valence-corrected chi connectivity index (χ0v) is 14.9. The Bertz CT molecular complexity index is 664. The molecule has 7 nitrogen and oxygen atoms in total. The SMILES string of the molecule is COc1cccn(CC(=O)N2CCC3(CC2)OCCCC3OC)c1=O. The largest absolute Gasteiger partial charge is 0.491 e. The van der Waals surface area contributed by atoms with Crippen LogP contribution in [0.25, 0.3) is 0 Å². The average Bonchev–Trinajstić information content (AvgIpc) is 2.64. The number of piperidine rings is 1. The van der Waals surface area contributed by atoms with Crippen LogP contribution in [0.2, 0.25) is 0 Å². The molecular weight excluding hydrogens is 324 g/mol. The van der Waals surface area contributed by atoms with Gasteiger partial charge in [-0.25, -0.2) is 0 Å². The summed E-state index contributed by atoms with van der Waals surface area (Å²) in [5, 5.41) is 0. The normalized spacial score (nSPS) is 22.8. The fraction of sp³-hybridized carbons (Fsp3) is 0.667. The van der Waals surface area contributed by atoms with E-state index in [1.165, 1.54) is 11.7 Å². The molecule has 1 spiro atoms. The molecule has 1 aromatic heterocycles. The van der Waals surface area contributed by atoms with Crippen molar-refractivity contribution in [3.63, 3.8) is 0 Å². The number of carbonyl (C=O) groups is 1. The van der Waals surface area contributed by atoms with E-state index < -0.39 is 0 Å². The van der Waals surface area contributed by atoms with Gasteiger partial charge < -0.3 is 23.7 Å². The van der Waals surface area contributed by atoms with E-state index in [0.717, 1.165) is 32.3 Å². The van der Waals surface area contributed by atoms with E-state index in [4.69, 9.17) is 14.2 Å². The molecule has 2 aliphatic rings. The number of amides is 1. The van der Waals surface area contributed by atoms with Gasteiger partial charge in [0.1, 0.15) is 6.54 Å². The molecule has 7 heteroatoms. The molecule has 0 aromatic carbocycles. The van der Waals surface area contributed by atoms with Gasteiger partial charge in [-0.1, -0.05) is 0 Å². The van der Waals surface area contributed by atoms with Crippen LogP contribution in [-0.2, 0) is 20.8 Å². The first kappa shape index (κ1) is 17.9. The highest BCUT2D eigenvalue weighted by Gasteiger charge is 2.45. The summed E-state index contributed by atoms with van der Waals surface area (Å²) in [6.45, 7) is 2.03. The van der Waals surface area contributed by atoms with Crippen molar-refractivity contribution in [3.05, 3.63) is 28.7 Å². The minimum Gasteiger partial charge on any atom is -0.491 e. The minimum atomic E-state index is -0.290. The second kappa shape index (κ2) is 7.58. The molecule has 3 heterocycles. The molecular formula is C18H26N2O5. The summed E-state index contributed by atoms with van der Waals surface area (Å²) >= 11 is 0. The van der Waals surface area contributed by atoms with Crippen LogP contribution in [0, 0.1) is 0 Å². The molecule has 1 unspecified atom stereocenters. The van der Waals surface area contributed by atoms with Gasteiger partial charge in [-0.3, -0.25) is 9.59 Å². The number of methoxy groups -OCH3 is 2. The van der Waals surface area contributed by atoms with Crippen molar-refractivity contribution in [2.24, 2.45) is 0 Å². The van der Waals surface area contributed by atoms with Crippen LogP contribution < -0.4 is 10.3 Å². The topological polar surface area (TPSA) is 70.0 Å². The number of hydrogen-bond acceptors (Lipinski definition) is 5. The number of hydrogen-bond donors (Lipinski definition) is 0. The monoisotopic (exact) mass is 350 g/mol. The van der Waals surface area contributed by atoms with Gasteiger partial charge in [0.15, 0.2) is 5.75 Å². The third-order valence-electron chi connectivity index (χ3n) is 5.34. The lowest BCUT2D eigenvalue weighted by Gasteiger charge is -2.48. The van der Waals surface area contributed by atoms with Crippen molar-refractivity contribution < 1.29 is 19.0 Å². The van der Waals surface area contributed by atoms with E-state index in [2.05, 4.69) is 0 Å². The molecule has 0 N–H and O–H groups in total. The highest BCUT2D eigenvalue weighted by atomic mass is 16.5. The Morgan fingerprint density at radius 1 is 1.36 bits per heavy atom. The number of rotatable bonds is 4. The average molecular weight is 350 g/mol. The first-order valence-electron chi connectivity index (χ1n) is 8.77. The van der Waals surface area contributed by atoms with Gasteiger partial charge in [-0.15, -0.1) is 0 Å². The Labute approximate surface area is 147 Å². The van der Waals surface area contributed by atoms with E-state index in [0.29, 0.717) is 13.1 Å². The third-order valence-corrected chi connectivity index (χ3v) is 5.34. The van der Waals surface area contributed by atoms with Gasteiger partial charge in [-0.2, -0.15) is 0 Å². The van der Waals surface area contributed by atoms with Crippen LogP contribution in [0.3, 0.4) is 0 Å². The van der Waals surface area contributed by atoms with Crippen LogP contribution in [-0.4, -0.2) is 61.0 Å². The van der Waals surface area contributed by atoms with Gasteiger partial charge in [0, 0.05) is 33.0 Å². The maximum Gasteiger partial charge on any atom is 0.293 e. The van der Waals surface area contributed by atoms with Crippen LogP contribution in [0.5, 0.6) is 5.75 Å². The summed E-state index contributed by atoms with van der Waals surface area (Å²) < 4.78 is 18.1. The first-order valence-corrected chi connectivity index (χ1v) is 8.77. The molecule has 138 valence electrons. The number of likely N-dealkylation sites (tertiary alicyclic amines) is 1. The molecule has 3 rings (SSSR count). The summed E-state index contributed by atoms with van der Waals surface area (Å²) in [6.07, 6.45) is 5.26. The fourth-order valence-electron chi connectivity index (χ4n) is 3.87. The maximum atomic E-state index is 12.6. The molecule has 0 saturated carbocycles. The lowest BCUT2D eigenvalue weighted by Crippen LogP contribution is -2.57. The van der Waals surface area contributed by atoms with Crippen molar-refractivity contribution >= 4 is 5.91 Å². The predicted molar refractivity (Wildman–Crippen MR) is 91.8 cm³/mol. The standard InChI is InChI=1S/C18H26N2O5/c1-23-14-5-3-9-20(17(14)22)13-16(21)19-10-7-18(8-11-19)15(24-2)6-4-12-25-18/h3,5,9,15H,4,6-8,10-13H2,1-2H3. The van der Waals surface area contributed by atoms with Crippen molar-refractivity contribution in [1.29, 1.82) is 0 Å². The molecule has 1 amide bonds. The van der Waals surface area contributed by atoms with Crippen molar-refractivity contribution in [1.82, 2.24) is 9.47 Å². The fourth-order valence-corrected chi connectivity index (χ4v) is 3.87. The first-order chi connectivity index (χ1) is 12.1. The number of ether oxygens (including phenoxy) is 3. The lowest BCUT2D eigenvalue weighted by molar-refractivity contribution is -0.188. The Hall–Kier alpha value is -1.86. The smallest absolute Gasteiger partial charge is 0.293 e. The second-order valence-electron chi connectivity index (χ2n) is 6.67. The molecule has 0 aliphatic carbocycles. The second-order valence-corrected chi connectivity index (χ2v) is 6.67. The number of aromatic nitrogens is 1. The van der Waals surface area contributed by atoms with Crippen LogP contribution in [0.1, 0.15) is 25.7 Å². The molecule has 2 fully saturated rings. The zero-order valence-electron chi connectivity index (χ0n) is 14.9. The van der Waals surface area contributed by atoms with Gasteiger partial charge in [0.05, 0.1) is 18.8 Å². The van der Waals surface area contributed by atoms with Crippen LogP contribution in [0.4, 0.5) is 0 Å². The van der Waals surface area contributed by atoms with Crippen molar-refractivity contribution in [3.8, 4) is 5.75 Å². The Morgan fingerprint density at radius 3 is 2.80 bits per heavy atom. The van der Waals surface area contributed by atoms with E-state index in [9.17, 15) is 9.59 Å². The van der Waals surface area contributed by atoms with Crippen molar-refractivity contribution in [2.75, 3.05) is 33.9 Å². The van der Waals surface area contributed by atoms with Gasteiger partial charge >= 0.3 is 0 Å². The highest BCUT2D eigenvalue weighted by molar-refractivity contribution is 5.76. The molecule has 2 saturated heterocycles. The molecule has 2 aliphatic heterocycles. The summed E-state index contributed by atoms with van der Waals surface area (Å²) in [5.74, 6) is 0.182. The van der Waals surface area contributed by atoms with Crippen LogP contribution in [0.15, 0.2) is 23.1 Å². The Balaban J connectivity index is 1.63. The predicted octanol–water partition coefficient (Wildman–Crippen LogP) is 1.04. The molecule has 25 heavy (non-hydrogen) atoms. The van der Waals surface area contributed by atoms with E-state index in [1.54, 1.807) is 25.4 Å². The summed E-state index contributed by atoms with van der Waals surface area (Å²) in [6, 6.07) is 3.30. The minimum absolute atomic E-state index is 0.0254. The van der Waals surface area contributed by atoms with E-state index in [1.807, 2.05) is 4.90 Å². The highest BCUT2D eigenvalue weighted by Crippen LogP contribution is 2.36. The van der Waals surface area contributed by atoms with E-state index in [-0.39, 0.29) is 35.5 Å². The van der Waals surface area contributed by atoms with Crippen LogP contribution >= 0.6 is 0 Å². The third kappa shape index (κ3) is 3.57. The quantitative estimate of drug-likeness (QED) is 0.812. The summed E-state index contributed by atoms with van der Waals surface area (Å²) in [5.41, 5.74) is -0.557. The number of pyridine rings is 1. The van der Waals surface area contributed by atoms with Crippen molar-refractivity contribution in [2.45, 2.75) is 43.9 Å². The summed E-state index contributed by atoms with van der Waals surface area (Å²) in [4.78, 5) is 26.6. The maximum absolute atomic E-state index is 12.6. The Kier molecular flexibility index (Phi) is 5.44. The molecule has 0 radical (unpaired) electrons. The van der Waals surface area contributed by atoms with Gasteiger partial charge in [0.2, 0.25) is 5.91 Å². The van der Waals surface area contributed by atoms with E-state index >= 15 is 0 Å². The van der Waals surface area contributed by atoms with Gasteiger partial charge in [-0.05, 0) is 37.8 Å². The summed E-state index contributed by atoms with van der Waals surface area (Å²) in [7, 11) is 3.18. The number of carbonyl (C=O) groups excluding carboxylic acids is 1. The number of nitrogens with zero attached hydrogens (tertiary/aromatic N) is 2. The molecule has 1 aromatic rings. The zero-order chi connectivity index (χ0) is 17.9. The molecule has 1 atom stereocenters.